The van der Waals surface area contributed by atoms with Gasteiger partial charge >= 0.3 is 5.97 Å². The van der Waals surface area contributed by atoms with Gasteiger partial charge in [-0.15, -0.1) is 0 Å². The van der Waals surface area contributed by atoms with Gasteiger partial charge in [0.15, 0.2) is 17.6 Å². The van der Waals surface area contributed by atoms with Crippen LogP contribution in [0.2, 0.25) is 5.02 Å². The number of anilines is 1. The van der Waals surface area contributed by atoms with E-state index in [0.717, 1.165) is 0 Å². The maximum Gasteiger partial charge on any atom is 0.331 e. The van der Waals surface area contributed by atoms with Gasteiger partial charge in [0.05, 0.1) is 26.4 Å². The summed E-state index contributed by atoms with van der Waals surface area (Å²) in [4.78, 5) is 28.1. The first-order chi connectivity index (χ1) is 13.9. The molecular weight excluding hydrogens is 400 g/mol. The first-order valence-corrected chi connectivity index (χ1v) is 8.86. The van der Waals surface area contributed by atoms with Crippen molar-refractivity contribution in [3.05, 3.63) is 47.1 Å². The number of rotatable bonds is 8. The Morgan fingerprint density at radius 1 is 1.10 bits per heavy atom. The molecule has 0 spiro atoms. The molecule has 1 heterocycles. The highest BCUT2D eigenvalue weighted by atomic mass is 35.5. The van der Waals surface area contributed by atoms with Crippen LogP contribution in [0.3, 0.4) is 0 Å². The first kappa shape index (κ1) is 22.0. The van der Waals surface area contributed by atoms with E-state index in [-0.39, 0.29) is 0 Å². The van der Waals surface area contributed by atoms with Crippen LogP contribution >= 0.6 is 11.6 Å². The number of amides is 1. The zero-order chi connectivity index (χ0) is 21.4. The summed E-state index contributed by atoms with van der Waals surface area (Å²) in [6.07, 6.45) is 3.08. The summed E-state index contributed by atoms with van der Waals surface area (Å²) >= 11 is 5.75. The minimum absolute atomic E-state index is 0.301. The minimum atomic E-state index is -1.02. The molecule has 9 heteroatoms. The molecule has 1 amide bonds. The summed E-state index contributed by atoms with van der Waals surface area (Å²) in [6.45, 7) is 1.45. The van der Waals surface area contributed by atoms with E-state index in [1.807, 2.05) is 0 Å². The summed E-state index contributed by atoms with van der Waals surface area (Å²) in [5.41, 5.74) is 0.624. The second kappa shape index (κ2) is 10.3. The Balaban J connectivity index is 2.01. The van der Waals surface area contributed by atoms with Crippen LogP contribution in [0.15, 0.2) is 36.5 Å². The number of carbonyl (C=O) groups excluding carboxylic acids is 2. The highest BCUT2D eigenvalue weighted by Crippen LogP contribution is 2.38. The average Bonchev–Trinajstić information content (AvgIpc) is 2.72. The summed E-state index contributed by atoms with van der Waals surface area (Å²) in [6, 6.07) is 6.47. The van der Waals surface area contributed by atoms with E-state index >= 15 is 0 Å². The number of halogens is 1. The largest absolute Gasteiger partial charge is 0.493 e. The Morgan fingerprint density at radius 3 is 2.28 bits per heavy atom. The molecule has 0 unspecified atom stereocenters. The normalized spacial score (nSPS) is 11.6. The number of carbonyl (C=O) groups is 2. The van der Waals surface area contributed by atoms with Gasteiger partial charge in [0, 0.05) is 12.3 Å². The Labute approximate surface area is 173 Å². The van der Waals surface area contributed by atoms with Gasteiger partial charge in [-0.3, -0.25) is 4.79 Å². The van der Waals surface area contributed by atoms with Crippen molar-refractivity contribution in [1.29, 1.82) is 0 Å². The van der Waals surface area contributed by atoms with Crippen molar-refractivity contribution in [2.24, 2.45) is 0 Å². The lowest BCUT2D eigenvalue weighted by molar-refractivity contribution is -0.148. The van der Waals surface area contributed by atoms with Gasteiger partial charge in [-0.25, -0.2) is 9.78 Å². The number of aromatic nitrogens is 1. The Hall–Kier alpha value is -3.26. The fraction of sp³-hybridized carbons (Fsp3) is 0.250. The molecule has 0 aliphatic heterocycles. The second-order valence-corrected chi connectivity index (χ2v) is 6.16. The third-order valence-electron chi connectivity index (χ3n) is 3.74. The molecule has 2 aromatic rings. The van der Waals surface area contributed by atoms with Crippen molar-refractivity contribution < 1.29 is 28.5 Å². The minimum Gasteiger partial charge on any atom is -0.493 e. The summed E-state index contributed by atoms with van der Waals surface area (Å²) in [5, 5.41) is 2.98. The van der Waals surface area contributed by atoms with E-state index in [9.17, 15) is 9.59 Å². The van der Waals surface area contributed by atoms with Gasteiger partial charge in [0.1, 0.15) is 5.82 Å². The fourth-order valence-electron chi connectivity index (χ4n) is 2.31. The molecule has 0 radical (unpaired) electrons. The predicted octanol–water partition coefficient (Wildman–Crippen LogP) is 3.34. The lowest BCUT2D eigenvalue weighted by Crippen LogP contribution is -2.29. The predicted molar refractivity (Wildman–Crippen MR) is 109 cm³/mol. The van der Waals surface area contributed by atoms with E-state index < -0.39 is 18.0 Å². The highest BCUT2D eigenvalue weighted by Gasteiger charge is 2.17. The van der Waals surface area contributed by atoms with Crippen molar-refractivity contribution >= 4 is 35.4 Å². The zero-order valence-electron chi connectivity index (χ0n) is 16.4. The second-order valence-electron chi connectivity index (χ2n) is 5.72. The van der Waals surface area contributed by atoms with E-state index in [1.165, 1.54) is 46.6 Å². The van der Waals surface area contributed by atoms with Gasteiger partial charge in [-0.05, 0) is 42.8 Å². The molecule has 1 aromatic heterocycles. The number of nitrogens with one attached hydrogen (secondary N) is 1. The molecule has 0 bridgehead atoms. The van der Waals surface area contributed by atoms with Gasteiger partial charge in [-0.2, -0.15) is 0 Å². The molecule has 154 valence electrons. The molecule has 8 nitrogen and oxygen atoms in total. The van der Waals surface area contributed by atoms with Crippen LogP contribution in [0, 0.1) is 0 Å². The van der Waals surface area contributed by atoms with Crippen molar-refractivity contribution in [3.8, 4) is 17.2 Å². The molecule has 2 rings (SSSR count). The number of hydrogen-bond donors (Lipinski definition) is 1. The Kier molecular flexibility index (Phi) is 7.85. The Bertz CT molecular complexity index is 873. The molecule has 0 saturated heterocycles. The highest BCUT2D eigenvalue weighted by molar-refractivity contribution is 6.30. The summed E-state index contributed by atoms with van der Waals surface area (Å²) < 4.78 is 20.9. The lowest BCUT2D eigenvalue weighted by atomic mass is 10.1. The third kappa shape index (κ3) is 6.11. The molecule has 1 N–H and O–H groups in total. The smallest absolute Gasteiger partial charge is 0.331 e. The van der Waals surface area contributed by atoms with Gasteiger partial charge in [0.25, 0.3) is 5.91 Å². The van der Waals surface area contributed by atoms with Gasteiger partial charge in [-0.1, -0.05) is 11.6 Å². The lowest BCUT2D eigenvalue weighted by Gasteiger charge is -2.13. The Morgan fingerprint density at radius 2 is 1.76 bits per heavy atom. The molecule has 0 fully saturated rings. The molecule has 0 saturated carbocycles. The van der Waals surface area contributed by atoms with Gasteiger partial charge in [0.2, 0.25) is 5.75 Å². The zero-order valence-corrected chi connectivity index (χ0v) is 17.1. The molecule has 29 heavy (non-hydrogen) atoms. The third-order valence-corrected chi connectivity index (χ3v) is 3.96. The van der Waals surface area contributed by atoms with Crippen LogP contribution in [-0.2, 0) is 14.3 Å². The summed E-state index contributed by atoms with van der Waals surface area (Å²) in [5.74, 6) is 0.428. The van der Waals surface area contributed by atoms with Crippen molar-refractivity contribution in [3.63, 3.8) is 0 Å². The SMILES string of the molecule is COc1cc(/C=C/C(=O)O[C@H](C)C(=O)Nc2ccc(Cl)cn2)cc(OC)c1OC. The topological polar surface area (TPSA) is 96.0 Å². The quantitative estimate of drug-likeness (QED) is 0.516. The van der Waals surface area contributed by atoms with Crippen molar-refractivity contribution in [1.82, 2.24) is 4.98 Å². The fourth-order valence-corrected chi connectivity index (χ4v) is 2.42. The van der Waals surface area contributed by atoms with Crippen LogP contribution in [0.5, 0.6) is 17.2 Å². The van der Waals surface area contributed by atoms with Crippen LogP contribution < -0.4 is 19.5 Å². The number of hydrogen-bond acceptors (Lipinski definition) is 7. The van der Waals surface area contributed by atoms with E-state index in [2.05, 4.69) is 10.3 Å². The van der Waals surface area contributed by atoms with Crippen molar-refractivity contribution in [2.45, 2.75) is 13.0 Å². The number of methoxy groups -OCH3 is 3. The molecule has 0 aliphatic carbocycles. The van der Waals surface area contributed by atoms with E-state index in [1.54, 1.807) is 24.3 Å². The molecule has 1 atom stereocenters. The number of pyridine rings is 1. The van der Waals surface area contributed by atoms with Gasteiger partial charge < -0.3 is 24.3 Å². The van der Waals surface area contributed by atoms with Crippen LogP contribution in [0.25, 0.3) is 6.08 Å². The van der Waals surface area contributed by atoms with Crippen LogP contribution in [0.1, 0.15) is 12.5 Å². The summed E-state index contributed by atoms with van der Waals surface area (Å²) in [7, 11) is 4.49. The number of nitrogens with zero attached hydrogens (tertiary/aromatic N) is 1. The van der Waals surface area contributed by atoms with Crippen LogP contribution in [0.4, 0.5) is 5.82 Å². The molecule has 0 aliphatic rings. The van der Waals surface area contributed by atoms with Crippen molar-refractivity contribution in [2.75, 3.05) is 26.6 Å². The monoisotopic (exact) mass is 420 g/mol. The molecular formula is C20H21ClN2O6. The van der Waals surface area contributed by atoms with Crippen LogP contribution in [-0.4, -0.2) is 44.3 Å². The number of esters is 1. The first-order valence-electron chi connectivity index (χ1n) is 8.49. The van der Waals surface area contributed by atoms with E-state index in [0.29, 0.717) is 33.7 Å². The maximum absolute atomic E-state index is 12.1. The maximum atomic E-state index is 12.1. The number of benzene rings is 1. The molecule has 1 aromatic carbocycles. The standard InChI is InChI=1S/C20H21ClN2O6/c1-12(20(25)23-17-7-6-14(21)11-22-17)29-18(24)8-5-13-9-15(26-2)19(28-4)16(10-13)27-3/h5-12H,1-4H3,(H,22,23,25)/b8-5+/t12-/m1/s1. The van der Waals surface area contributed by atoms with E-state index in [4.69, 9.17) is 30.5 Å². The average molecular weight is 421 g/mol. The number of ether oxygens (including phenoxy) is 4.